The average molecular weight is 348 g/mol. The van der Waals surface area contributed by atoms with Gasteiger partial charge in [0.1, 0.15) is 0 Å². The van der Waals surface area contributed by atoms with Crippen LogP contribution in [-0.4, -0.2) is 41.4 Å². The SMILES string of the molecule is O=C([C@@H]1CCCN1Cc1ccccc1)N1CCC(c2ccccc2)CC1. The Labute approximate surface area is 156 Å². The lowest BCUT2D eigenvalue weighted by molar-refractivity contribution is -0.137. The summed E-state index contributed by atoms with van der Waals surface area (Å²) in [5.41, 5.74) is 2.72. The second-order valence-corrected chi connectivity index (χ2v) is 7.62. The van der Waals surface area contributed by atoms with Crippen LogP contribution in [0.4, 0.5) is 0 Å². The molecular formula is C23H28N2O. The summed E-state index contributed by atoms with van der Waals surface area (Å²) >= 11 is 0. The Morgan fingerprint density at radius 3 is 2.19 bits per heavy atom. The topological polar surface area (TPSA) is 23.6 Å². The summed E-state index contributed by atoms with van der Waals surface area (Å²) in [5, 5.41) is 0. The predicted molar refractivity (Wildman–Crippen MR) is 105 cm³/mol. The van der Waals surface area contributed by atoms with Crippen LogP contribution in [0.15, 0.2) is 60.7 Å². The minimum absolute atomic E-state index is 0.0727. The van der Waals surface area contributed by atoms with Crippen molar-refractivity contribution in [3.8, 4) is 0 Å². The number of amides is 1. The van der Waals surface area contributed by atoms with Crippen LogP contribution in [0.3, 0.4) is 0 Å². The van der Waals surface area contributed by atoms with E-state index in [1.165, 1.54) is 11.1 Å². The smallest absolute Gasteiger partial charge is 0.239 e. The van der Waals surface area contributed by atoms with Crippen LogP contribution in [-0.2, 0) is 11.3 Å². The number of likely N-dealkylation sites (tertiary alicyclic amines) is 2. The maximum Gasteiger partial charge on any atom is 0.239 e. The summed E-state index contributed by atoms with van der Waals surface area (Å²) in [6.07, 6.45) is 4.30. The van der Waals surface area contributed by atoms with E-state index in [1.54, 1.807) is 0 Å². The molecular weight excluding hydrogens is 320 g/mol. The summed E-state index contributed by atoms with van der Waals surface area (Å²) in [5.74, 6) is 0.953. The van der Waals surface area contributed by atoms with Gasteiger partial charge in [-0.1, -0.05) is 60.7 Å². The van der Waals surface area contributed by atoms with Crippen molar-refractivity contribution in [3.05, 3.63) is 71.8 Å². The molecule has 2 aromatic carbocycles. The third kappa shape index (κ3) is 3.83. The number of hydrogen-bond donors (Lipinski definition) is 0. The van der Waals surface area contributed by atoms with Gasteiger partial charge >= 0.3 is 0 Å². The second-order valence-electron chi connectivity index (χ2n) is 7.62. The van der Waals surface area contributed by atoms with Gasteiger partial charge in [-0.05, 0) is 49.3 Å². The molecule has 2 aromatic rings. The van der Waals surface area contributed by atoms with Gasteiger partial charge in [0, 0.05) is 19.6 Å². The maximum atomic E-state index is 13.1. The van der Waals surface area contributed by atoms with Crippen molar-refractivity contribution in [2.75, 3.05) is 19.6 Å². The molecule has 0 saturated carbocycles. The summed E-state index contributed by atoms with van der Waals surface area (Å²) in [6, 6.07) is 21.4. The van der Waals surface area contributed by atoms with Gasteiger partial charge in [0.15, 0.2) is 0 Å². The number of piperidine rings is 1. The number of hydrogen-bond acceptors (Lipinski definition) is 2. The first kappa shape index (κ1) is 17.3. The Balaban J connectivity index is 1.35. The number of rotatable bonds is 4. The highest BCUT2D eigenvalue weighted by atomic mass is 16.2. The van der Waals surface area contributed by atoms with Crippen LogP contribution < -0.4 is 0 Å². The largest absolute Gasteiger partial charge is 0.341 e. The zero-order chi connectivity index (χ0) is 17.8. The minimum atomic E-state index is 0.0727. The molecule has 0 spiro atoms. The van der Waals surface area contributed by atoms with Crippen LogP contribution in [0.1, 0.15) is 42.7 Å². The summed E-state index contributed by atoms with van der Waals surface area (Å²) in [7, 11) is 0. The van der Waals surface area contributed by atoms with E-state index in [4.69, 9.17) is 0 Å². The lowest BCUT2D eigenvalue weighted by atomic mass is 9.89. The lowest BCUT2D eigenvalue weighted by Gasteiger charge is -2.35. The Morgan fingerprint density at radius 2 is 1.50 bits per heavy atom. The van der Waals surface area contributed by atoms with Crippen molar-refractivity contribution in [1.29, 1.82) is 0 Å². The normalized spacial score (nSPS) is 21.8. The molecule has 1 amide bonds. The van der Waals surface area contributed by atoms with E-state index in [1.807, 2.05) is 6.07 Å². The summed E-state index contributed by atoms with van der Waals surface area (Å²) in [4.78, 5) is 17.6. The Morgan fingerprint density at radius 1 is 0.846 bits per heavy atom. The fourth-order valence-electron chi connectivity index (χ4n) is 4.48. The fourth-order valence-corrected chi connectivity index (χ4v) is 4.48. The van der Waals surface area contributed by atoms with Crippen molar-refractivity contribution in [3.63, 3.8) is 0 Å². The minimum Gasteiger partial charge on any atom is -0.341 e. The zero-order valence-corrected chi connectivity index (χ0v) is 15.4. The van der Waals surface area contributed by atoms with Gasteiger partial charge < -0.3 is 4.90 Å². The molecule has 0 unspecified atom stereocenters. The molecule has 0 radical (unpaired) electrons. The van der Waals surface area contributed by atoms with E-state index < -0.39 is 0 Å². The van der Waals surface area contributed by atoms with Crippen LogP contribution in [0.5, 0.6) is 0 Å². The number of benzene rings is 2. The molecule has 4 rings (SSSR count). The van der Waals surface area contributed by atoms with E-state index in [2.05, 4.69) is 64.4 Å². The second kappa shape index (κ2) is 8.05. The highest BCUT2D eigenvalue weighted by Crippen LogP contribution is 2.29. The molecule has 1 atom stereocenters. The van der Waals surface area contributed by atoms with Crippen molar-refractivity contribution < 1.29 is 4.79 Å². The molecule has 2 aliphatic heterocycles. The van der Waals surface area contributed by atoms with E-state index in [-0.39, 0.29) is 6.04 Å². The molecule has 2 aliphatic rings. The first-order valence-corrected chi connectivity index (χ1v) is 9.93. The Bertz CT molecular complexity index is 708. The quantitative estimate of drug-likeness (QED) is 0.832. The van der Waals surface area contributed by atoms with Gasteiger partial charge in [-0.3, -0.25) is 9.69 Å². The van der Waals surface area contributed by atoms with Crippen LogP contribution in [0.25, 0.3) is 0 Å². The van der Waals surface area contributed by atoms with Gasteiger partial charge in [-0.15, -0.1) is 0 Å². The molecule has 2 fully saturated rings. The number of carbonyl (C=O) groups is 1. The van der Waals surface area contributed by atoms with Crippen LogP contribution in [0.2, 0.25) is 0 Å². The first-order valence-electron chi connectivity index (χ1n) is 9.93. The highest BCUT2D eigenvalue weighted by molar-refractivity contribution is 5.82. The highest BCUT2D eigenvalue weighted by Gasteiger charge is 2.35. The molecule has 3 nitrogen and oxygen atoms in total. The lowest BCUT2D eigenvalue weighted by Crippen LogP contribution is -2.48. The van der Waals surface area contributed by atoms with E-state index >= 15 is 0 Å². The molecule has 0 bridgehead atoms. The maximum absolute atomic E-state index is 13.1. The standard InChI is InChI=1S/C23H28N2O/c26-23(22-12-7-15-25(22)18-19-8-3-1-4-9-19)24-16-13-21(14-17-24)20-10-5-2-6-11-20/h1-6,8-11,21-22H,7,12-18H2/t22-/m0/s1. The molecule has 26 heavy (non-hydrogen) atoms. The van der Waals surface area contributed by atoms with Gasteiger partial charge in [0.25, 0.3) is 0 Å². The third-order valence-electron chi connectivity index (χ3n) is 5.95. The zero-order valence-electron chi connectivity index (χ0n) is 15.4. The monoisotopic (exact) mass is 348 g/mol. The van der Waals surface area contributed by atoms with Crippen molar-refractivity contribution in [2.24, 2.45) is 0 Å². The molecule has 0 N–H and O–H groups in total. The third-order valence-corrected chi connectivity index (χ3v) is 5.95. The first-order chi connectivity index (χ1) is 12.8. The summed E-state index contributed by atoms with van der Waals surface area (Å²) < 4.78 is 0. The van der Waals surface area contributed by atoms with Crippen molar-refractivity contribution in [1.82, 2.24) is 9.80 Å². The van der Waals surface area contributed by atoms with Crippen LogP contribution in [0, 0.1) is 0 Å². The van der Waals surface area contributed by atoms with Gasteiger partial charge in [-0.25, -0.2) is 0 Å². The van der Waals surface area contributed by atoms with E-state index in [9.17, 15) is 4.79 Å². The Kier molecular flexibility index (Phi) is 5.35. The molecule has 0 aliphatic carbocycles. The van der Waals surface area contributed by atoms with E-state index in [0.717, 1.165) is 51.9 Å². The molecule has 3 heteroatoms. The van der Waals surface area contributed by atoms with E-state index in [0.29, 0.717) is 11.8 Å². The molecule has 0 aromatic heterocycles. The molecule has 2 saturated heterocycles. The van der Waals surface area contributed by atoms with Gasteiger partial charge in [0.2, 0.25) is 5.91 Å². The Hall–Kier alpha value is -2.13. The van der Waals surface area contributed by atoms with Crippen molar-refractivity contribution in [2.45, 2.75) is 44.2 Å². The van der Waals surface area contributed by atoms with Crippen molar-refractivity contribution >= 4 is 5.91 Å². The fraction of sp³-hybridized carbons (Fsp3) is 0.435. The summed E-state index contributed by atoms with van der Waals surface area (Å²) in [6.45, 7) is 3.71. The number of carbonyl (C=O) groups excluding carboxylic acids is 1. The molecule has 2 heterocycles. The van der Waals surface area contributed by atoms with Gasteiger partial charge in [0.05, 0.1) is 6.04 Å². The van der Waals surface area contributed by atoms with Crippen LogP contribution >= 0.6 is 0 Å². The molecule has 136 valence electrons. The number of nitrogens with zero attached hydrogens (tertiary/aromatic N) is 2. The van der Waals surface area contributed by atoms with Gasteiger partial charge in [-0.2, -0.15) is 0 Å². The predicted octanol–water partition coefficient (Wildman–Crippen LogP) is 4.06. The average Bonchev–Trinajstić information content (AvgIpc) is 3.17.